The third-order valence-electron chi connectivity index (χ3n) is 3.53. The van der Waals surface area contributed by atoms with Crippen LogP contribution in [0.2, 0.25) is 0 Å². The van der Waals surface area contributed by atoms with E-state index in [9.17, 15) is 0 Å². The number of nitrogens with one attached hydrogen (secondary N) is 1. The molecule has 1 aromatic rings. The molecule has 1 saturated heterocycles. The third kappa shape index (κ3) is 4.87. The first kappa shape index (κ1) is 15.3. The average molecular weight is 270 g/mol. The Morgan fingerprint density at radius 2 is 1.83 bits per heavy atom. The molecule has 102 valence electrons. The number of piperidine rings is 1. The van der Waals surface area contributed by atoms with Gasteiger partial charge in [0.05, 0.1) is 6.61 Å². The lowest BCUT2D eigenvalue weighted by Gasteiger charge is -2.22. The highest BCUT2D eigenvalue weighted by Crippen LogP contribution is 2.20. The van der Waals surface area contributed by atoms with Gasteiger partial charge in [0.1, 0.15) is 5.75 Å². The summed E-state index contributed by atoms with van der Waals surface area (Å²) in [5.74, 6) is 1.90. The minimum absolute atomic E-state index is 0. The lowest BCUT2D eigenvalue weighted by atomic mass is 9.91. The Hall–Kier alpha value is -0.730. The summed E-state index contributed by atoms with van der Waals surface area (Å²) in [7, 11) is 0. The molecular weight excluding hydrogens is 246 g/mol. The molecule has 0 amide bonds. The standard InChI is InChI=1S/C15H23NO.ClH/c1-2-17-15-7-5-13(6-8-15)3-4-14-9-11-16-12-10-14;/h5-8,14,16H,2-4,9-12H2,1H3;1H. The van der Waals surface area contributed by atoms with Crippen molar-refractivity contribution in [2.45, 2.75) is 32.6 Å². The SMILES string of the molecule is CCOc1ccc(CCC2CCNCC2)cc1.Cl. The molecule has 1 aromatic carbocycles. The van der Waals surface area contributed by atoms with Crippen molar-refractivity contribution in [3.63, 3.8) is 0 Å². The second-order valence-electron chi connectivity index (χ2n) is 4.81. The van der Waals surface area contributed by atoms with E-state index in [1.165, 1.54) is 44.3 Å². The largest absolute Gasteiger partial charge is 0.494 e. The number of aryl methyl sites for hydroxylation is 1. The van der Waals surface area contributed by atoms with E-state index in [0.717, 1.165) is 18.3 Å². The first-order valence-electron chi connectivity index (χ1n) is 6.81. The van der Waals surface area contributed by atoms with E-state index < -0.39 is 0 Å². The van der Waals surface area contributed by atoms with E-state index in [-0.39, 0.29) is 12.4 Å². The maximum atomic E-state index is 5.45. The maximum Gasteiger partial charge on any atom is 0.119 e. The Balaban J connectivity index is 0.00000162. The van der Waals surface area contributed by atoms with Gasteiger partial charge in [0, 0.05) is 0 Å². The molecule has 0 saturated carbocycles. The molecule has 1 heterocycles. The monoisotopic (exact) mass is 269 g/mol. The summed E-state index contributed by atoms with van der Waals surface area (Å²) in [4.78, 5) is 0. The third-order valence-corrected chi connectivity index (χ3v) is 3.53. The summed E-state index contributed by atoms with van der Waals surface area (Å²) in [6, 6.07) is 8.57. The van der Waals surface area contributed by atoms with Gasteiger partial charge >= 0.3 is 0 Å². The van der Waals surface area contributed by atoms with Gasteiger partial charge in [0.15, 0.2) is 0 Å². The normalized spacial score (nSPS) is 16.1. The van der Waals surface area contributed by atoms with Crippen LogP contribution < -0.4 is 10.1 Å². The molecule has 1 aliphatic heterocycles. The molecule has 0 aromatic heterocycles. The van der Waals surface area contributed by atoms with Gasteiger partial charge in [-0.2, -0.15) is 0 Å². The average Bonchev–Trinajstić information content (AvgIpc) is 2.40. The molecule has 2 rings (SSSR count). The highest BCUT2D eigenvalue weighted by atomic mass is 35.5. The number of ether oxygens (including phenoxy) is 1. The number of benzene rings is 1. The van der Waals surface area contributed by atoms with Crippen molar-refractivity contribution in [1.29, 1.82) is 0 Å². The number of hydrogen-bond acceptors (Lipinski definition) is 2. The van der Waals surface area contributed by atoms with Gasteiger partial charge < -0.3 is 10.1 Å². The fourth-order valence-corrected chi connectivity index (χ4v) is 2.46. The van der Waals surface area contributed by atoms with E-state index in [1.54, 1.807) is 0 Å². The lowest BCUT2D eigenvalue weighted by Crippen LogP contribution is -2.27. The molecule has 0 radical (unpaired) electrons. The first-order valence-corrected chi connectivity index (χ1v) is 6.81. The second kappa shape index (κ2) is 8.39. The second-order valence-corrected chi connectivity index (χ2v) is 4.81. The van der Waals surface area contributed by atoms with Gasteiger partial charge in [0.2, 0.25) is 0 Å². The van der Waals surface area contributed by atoms with Gasteiger partial charge in [-0.25, -0.2) is 0 Å². The number of halogens is 1. The summed E-state index contributed by atoms with van der Waals surface area (Å²) in [6.45, 7) is 5.17. The fourth-order valence-electron chi connectivity index (χ4n) is 2.46. The quantitative estimate of drug-likeness (QED) is 0.884. The van der Waals surface area contributed by atoms with Crippen molar-refractivity contribution in [2.75, 3.05) is 19.7 Å². The topological polar surface area (TPSA) is 21.3 Å². The van der Waals surface area contributed by atoms with Crippen molar-refractivity contribution in [3.05, 3.63) is 29.8 Å². The van der Waals surface area contributed by atoms with Crippen LogP contribution in [0, 0.1) is 5.92 Å². The molecule has 1 fully saturated rings. The highest BCUT2D eigenvalue weighted by Gasteiger charge is 2.12. The first-order chi connectivity index (χ1) is 8.38. The Kier molecular flexibility index (Phi) is 7.14. The molecule has 2 nitrogen and oxygen atoms in total. The zero-order valence-electron chi connectivity index (χ0n) is 11.2. The molecular formula is C15H24ClNO. The minimum atomic E-state index is 0. The number of rotatable bonds is 5. The summed E-state index contributed by atoms with van der Waals surface area (Å²) >= 11 is 0. The molecule has 1 N–H and O–H groups in total. The van der Waals surface area contributed by atoms with E-state index >= 15 is 0 Å². The van der Waals surface area contributed by atoms with Crippen LogP contribution in [0.3, 0.4) is 0 Å². The van der Waals surface area contributed by atoms with Crippen LogP contribution in [0.25, 0.3) is 0 Å². The molecule has 1 aliphatic rings. The zero-order chi connectivity index (χ0) is 11.9. The summed E-state index contributed by atoms with van der Waals surface area (Å²) in [6.07, 6.45) is 5.22. The lowest BCUT2D eigenvalue weighted by molar-refractivity contribution is 0.340. The van der Waals surface area contributed by atoms with Crippen LogP contribution in [0.4, 0.5) is 0 Å². The predicted molar refractivity (Wildman–Crippen MR) is 78.8 cm³/mol. The van der Waals surface area contributed by atoms with Crippen LogP contribution in [0.15, 0.2) is 24.3 Å². The molecule has 0 bridgehead atoms. The van der Waals surface area contributed by atoms with E-state index in [2.05, 4.69) is 29.6 Å². The zero-order valence-corrected chi connectivity index (χ0v) is 12.0. The molecule has 0 unspecified atom stereocenters. The van der Waals surface area contributed by atoms with E-state index in [4.69, 9.17) is 4.74 Å². The molecule has 18 heavy (non-hydrogen) atoms. The van der Waals surface area contributed by atoms with Gasteiger partial charge in [-0.1, -0.05) is 12.1 Å². The summed E-state index contributed by atoms with van der Waals surface area (Å²) in [5, 5.41) is 3.42. The Labute approximate surface area is 117 Å². The van der Waals surface area contributed by atoms with Crippen LogP contribution in [0.5, 0.6) is 5.75 Å². The highest BCUT2D eigenvalue weighted by molar-refractivity contribution is 5.85. The van der Waals surface area contributed by atoms with Gasteiger partial charge in [-0.05, 0) is 69.3 Å². The molecule has 3 heteroatoms. The van der Waals surface area contributed by atoms with Gasteiger partial charge in [0.25, 0.3) is 0 Å². The van der Waals surface area contributed by atoms with Crippen LogP contribution in [-0.2, 0) is 6.42 Å². The maximum absolute atomic E-state index is 5.45. The van der Waals surface area contributed by atoms with Crippen LogP contribution in [0.1, 0.15) is 31.7 Å². The Morgan fingerprint density at radius 3 is 2.44 bits per heavy atom. The van der Waals surface area contributed by atoms with E-state index in [0.29, 0.717) is 0 Å². The van der Waals surface area contributed by atoms with E-state index in [1.807, 2.05) is 6.92 Å². The minimum Gasteiger partial charge on any atom is -0.494 e. The Morgan fingerprint density at radius 1 is 1.17 bits per heavy atom. The molecule has 0 aliphatic carbocycles. The van der Waals surface area contributed by atoms with Crippen molar-refractivity contribution in [3.8, 4) is 5.75 Å². The van der Waals surface area contributed by atoms with Crippen LogP contribution >= 0.6 is 12.4 Å². The smallest absolute Gasteiger partial charge is 0.119 e. The molecule has 0 atom stereocenters. The van der Waals surface area contributed by atoms with Crippen molar-refractivity contribution < 1.29 is 4.74 Å². The predicted octanol–water partition coefficient (Wildman–Crippen LogP) is 3.44. The molecule has 0 spiro atoms. The number of hydrogen-bond donors (Lipinski definition) is 1. The van der Waals surface area contributed by atoms with Crippen molar-refractivity contribution >= 4 is 12.4 Å². The Bertz CT molecular complexity index is 320. The summed E-state index contributed by atoms with van der Waals surface area (Å²) < 4.78 is 5.45. The van der Waals surface area contributed by atoms with Crippen LogP contribution in [-0.4, -0.2) is 19.7 Å². The van der Waals surface area contributed by atoms with Gasteiger partial charge in [-0.3, -0.25) is 0 Å². The van der Waals surface area contributed by atoms with Gasteiger partial charge in [-0.15, -0.1) is 12.4 Å². The fraction of sp³-hybridized carbons (Fsp3) is 0.600. The van der Waals surface area contributed by atoms with Crippen molar-refractivity contribution in [2.24, 2.45) is 5.92 Å². The summed E-state index contributed by atoms with van der Waals surface area (Å²) in [5.41, 5.74) is 1.44. The van der Waals surface area contributed by atoms with Crippen molar-refractivity contribution in [1.82, 2.24) is 5.32 Å².